The van der Waals surface area contributed by atoms with E-state index >= 15 is 0 Å². The van der Waals surface area contributed by atoms with Gasteiger partial charge in [0, 0.05) is 133 Å². The molecule has 45 heavy (non-hydrogen) atoms. The molecule has 0 saturated heterocycles. The second-order valence-corrected chi connectivity index (χ2v) is 12.5. The molecule has 0 fully saturated rings. The normalized spacial score (nSPS) is 11.2. The van der Waals surface area contributed by atoms with Crippen LogP contribution in [0.5, 0.6) is 0 Å². The lowest BCUT2D eigenvalue weighted by Crippen LogP contribution is -2.33. The number of anilines is 7. The van der Waals surface area contributed by atoms with Crippen LogP contribution in [0.3, 0.4) is 0 Å². The Balaban J connectivity index is 1.61. The number of hydrogen-bond donors (Lipinski definition) is 0. The van der Waals surface area contributed by atoms with Crippen LogP contribution >= 0.6 is 0 Å². The summed E-state index contributed by atoms with van der Waals surface area (Å²) in [6.45, 7) is 0. The van der Waals surface area contributed by atoms with Gasteiger partial charge < -0.3 is 24.5 Å². The molecule has 5 aromatic carbocycles. The number of rotatable bonds is 10. The van der Waals surface area contributed by atoms with Crippen LogP contribution in [0.1, 0.15) is 0 Å². The van der Waals surface area contributed by atoms with Gasteiger partial charge in [-0.2, -0.15) is 0 Å². The molecule has 0 aliphatic rings. The molecule has 5 aromatic rings. The molecule has 0 unspecified atom stereocenters. The monoisotopic (exact) mass is 599 g/mol. The van der Waals surface area contributed by atoms with Crippen LogP contribution in [0.25, 0.3) is 0 Å². The van der Waals surface area contributed by atoms with Crippen LogP contribution in [0.2, 0.25) is 0 Å². The first-order valence-electron chi connectivity index (χ1n) is 15.4. The van der Waals surface area contributed by atoms with Crippen molar-refractivity contribution in [2.45, 2.75) is 0 Å². The summed E-state index contributed by atoms with van der Waals surface area (Å²) in [5.41, 5.74) is 11.6. The van der Waals surface area contributed by atoms with Crippen molar-refractivity contribution in [1.29, 1.82) is 0 Å². The molecule has 232 valence electrons. The molecule has 0 N–H and O–H groups in total. The number of nitrogens with zero attached hydrogens (tertiary/aromatic N) is 6. The van der Waals surface area contributed by atoms with E-state index in [0.29, 0.717) is 4.48 Å². The first kappa shape index (κ1) is 31.5. The average Bonchev–Trinajstić information content (AvgIpc) is 3.05. The summed E-state index contributed by atoms with van der Waals surface area (Å²) in [7, 11) is 18.9. The molecule has 6 heteroatoms. The molecule has 0 atom stereocenters. The van der Waals surface area contributed by atoms with Crippen LogP contribution in [-0.2, 0) is 0 Å². The predicted molar refractivity (Wildman–Crippen MR) is 198 cm³/mol. The number of hydrogen-bond acceptors (Lipinski definition) is 5. The van der Waals surface area contributed by atoms with E-state index in [2.05, 4.69) is 209 Å². The molecule has 6 nitrogen and oxygen atoms in total. The molecule has 0 aliphatic carbocycles. The molecule has 0 aliphatic heterocycles. The molecule has 0 amide bonds. The second kappa shape index (κ2) is 13.0. The summed E-state index contributed by atoms with van der Waals surface area (Å²) in [5, 5.41) is 0. The molecule has 0 bridgehead atoms. The number of quaternary nitrogens is 1. The van der Waals surface area contributed by atoms with Gasteiger partial charge in [0.2, 0.25) is 0 Å². The third-order valence-electron chi connectivity index (χ3n) is 8.64. The Hall–Kier alpha value is -4.94. The van der Waals surface area contributed by atoms with Crippen LogP contribution < -0.4 is 29.0 Å². The Bertz CT molecular complexity index is 1570. The largest absolute Gasteiger partial charge is 0.378 e. The zero-order valence-corrected chi connectivity index (χ0v) is 28.2. The Kier molecular flexibility index (Phi) is 9.07. The summed E-state index contributed by atoms with van der Waals surface area (Å²) in [6, 6.07) is 44.3. The molecule has 0 saturated carbocycles. The Labute approximate surface area is 270 Å². The van der Waals surface area contributed by atoms with Gasteiger partial charge in [-0.05, 0) is 84.9 Å². The lowest BCUT2D eigenvalue weighted by molar-refractivity contribution is 0.627. The van der Waals surface area contributed by atoms with Crippen molar-refractivity contribution in [3.05, 3.63) is 121 Å². The summed E-state index contributed by atoms with van der Waals surface area (Å²) in [4.78, 5) is 10.9. The van der Waals surface area contributed by atoms with E-state index in [4.69, 9.17) is 0 Å². The highest BCUT2D eigenvalue weighted by Gasteiger charge is 2.32. The fraction of sp³-hybridized carbons (Fsp3) is 0.231. The molecule has 0 spiro atoms. The Morgan fingerprint density at radius 1 is 0.289 bits per heavy atom. The van der Waals surface area contributed by atoms with Crippen molar-refractivity contribution in [3.8, 4) is 0 Å². The number of benzene rings is 5. The fourth-order valence-corrected chi connectivity index (χ4v) is 5.69. The van der Waals surface area contributed by atoms with Crippen molar-refractivity contribution in [2.75, 3.05) is 87.9 Å². The maximum Gasteiger partial charge on any atom is 0.142 e. The van der Waals surface area contributed by atoms with Gasteiger partial charge in [-0.1, -0.05) is 0 Å². The van der Waals surface area contributed by atoms with E-state index in [1.54, 1.807) is 0 Å². The third-order valence-corrected chi connectivity index (χ3v) is 8.64. The van der Waals surface area contributed by atoms with Crippen molar-refractivity contribution in [3.63, 3.8) is 0 Å². The maximum absolute atomic E-state index is 2.32. The highest BCUT2D eigenvalue weighted by Crippen LogP contribution is 2.44. The fourth-order valence-electron chi connectivity index (χ4n) is 5.69. The SMILES string of the molecule is CN(C)c1ccc(N(c2ccc(N(C)C)cc2)c2ccc([N+](C)(c3ccc(N(C)C)cc3)c3ccc(N(C)C)cc3)cc2)cc1. The average molecular weight is 600 g/mol. The van der Waals surface area contributed by atoms with Gasteiger partial charge >= 0.3 is 0 Å². The van der Waals surface area contributed by atoms with Crippen molar-refractivity contribution >= 4 is 56.9 Å². The standard InChI is InChI=1S/C39H47N6/c1-40(2)30-10-14-34(15-11-30)44(35-16-12-31(13-17-35)41(3)4)36-22-28-39(29-23-36)45(9,37-24-18-32(19-25-37)42(5)6)38-26-20-33(21-27-38)43(7)8/h10-29H,1-9H3/q+1. The highest BCUT2D eigenvalue weighted by molar-refractivity contribution is 5.80. The molecule has 0 aromatic heterocycles. The van der Waals surface area contributed by atoms with E-state index in [0.717, 1.165) is 17.1 Å². The molecular weight excluding hydrogens is 552 g/mol. The lowest BCUT2D eigenvalue weighted by atomic mass is 10.1. The minimum atomic E-state index is 0.538. The predicted octanol–water partition coefficient (Wildman–Crippen LogP) is 9.02. The first-order chi connectivity index (χ1) is 21.5. The summed E-state index contributed by atoms with van der Waals surface area (Å²) in [6.07, 6.45) is 0. The smallest absolute Gasteiger partial charge is 0.142 e. The van der Waals surface area contributed by atoms with E-state index in [1.165, 1.54) is 39.8 Å². The van der Waals surface area contributed by atoms with Gasteiger partial charge in [0.15, 0.2) is 0 Å². The third kappa shape index (κ3) is 6.47. The van der Waals surface area contributed by atoms with Crippen LogP contribution in [0, 0.1) is 0 Å². The molecule has 5 rings (SSSR count). The van der Waals surface area contributed by atoms with Crippen LogP contribution in [-0.4, -0.2) is 63.4 Å². The Morgan fingerprint density at radius 3 is 0.689 bits per heavy atom. The van der Waals surface area contributed by atoms with Gasteiger partial charge in [-0.3, -0.25) is 0 Å². The van der Waals surface area contributed by atoms with E-state index < -0.39 is 0 Å². The van der Waals surface area contributed by atoms with Gasteiger partial charge in [0.1, 0.15) is 17.1 Å². The molecule has 0 heterocycles. The minimum absolute atomic E-state index is 0.538. The Morgan fingerprint density at radius 2 is 0.467 bits per heavy atom. The van der Waals surface area contributed by atoms with Crippen molar-refractivity contribution in [1.82, 2.24) is 4.48 Å². The van der Waals surface area contributed by atoms with Crippen molar-refractivity contribution in [2.24, 2.45) is 0 Å². The zero-order chi connectivity index (χ0) is 32.3. The van der Waals surface area contributed by atoms with Gasteiger partial charge in [-0.15, -0.1) is 0 Å². The molecule has 0 radical (unpaired) electrons. The quantitative estimate of drug-likeness (QED) is 0.149. The maximum atomic E-state index is 2.32. The van der Waals surface area contributed by atoms with Crippen LogP contribution in [0.15, 0.2) is 121 Å². The van der Waals surface area contributed by atoms with E-state index in [-0.39, 0.29) is 0 Å². The first-order valence-corrected chi connectivity index (χ1v) is 15.4. The van der Waals surface area contributed by atoms with Crippen LogP contribution in [0.4, 0.5) is 56.9 Å². The minimum Gasteiger partial charge on any atom is -0.378 e. The van der Waals surface area contributed by atoms with Crippen molar-refractivity contribution < 1.29 is 0 Å². The highest BCUT2D eigenvalue weighted by atomic mass is 15.3. The topological polar surface area (TPSA) is 16.2 Å². The zero-order valence-electron chi connectivity index (χ0n) is 28.2. The van der Waals surface area contributed by atoms with E-state index in [1.807, 2.05) is 0 Å². The van der Waals surface area contributed by atoms with E-state index in [9.17, 15) is 0 Å². The summed E-state index contributed by atoms with van der Waals surface area (Å²) < 4.78 is 0.538. The summed E-state index contributed by atoms with van der Waals surface area (Å²) >= 11 is 0. The van der Waals surface area contributed by atoms with Gasteiger partial charge in [-0.25, -0.2) is 4.48 Å². The second-order valence-electron chi connectivity index (χ2n) is 12.5. The van der Waals surface area contributed by atoms with Gasteiger partial charge in [0.25, 0.3) is 0 Å². The summed E-state index contributed by atoms with van der Waals surface area (Å²) in [5.74, 6) is 0. The molecular formula is C39H47N6+. The lowest BCUT2D eigenvalue weighted by Gasteiger charge is -2.34. The van der Waals surface area contributed by atoms with Gasteiger partial charge in [0.05, 0.1) is 7.05 Å².